The lowest BCUT2D eigenvalue weighted by atomic mass is 10.2. The van der Waals surface area contributed by atoms with E-state index in [9.17, 15) is 4.79 Å². The van der Waals surface area contributed by atoms with Gasteiger partial charge >= 0.3 is 5.97 Å². The second-order valence-corrected chi connectivity index (χ2v) is 2.92. The number of hydrogen-bond donors (Lipinski definition) is 1. The average Bonchev–Trinajstić information content (AvgIpc) is 1.85. The van der Waals surface area contributed by atoms with Crippen molar-refractivity contribution in [3.63, 3.8) is 0 Å². The van der Waals surface area contributed by atoms with E-state index in [0.717, 1.165) is 0 Å². The van der Waals surface area contributed by atoms with E-state index in [1.165, 1.54) is 0 Å². The Labute approximate surface area is 64.7 Å². The van der Waals surface area contributed by atoms with Crippen molar-refractivity contribution >= 4 is 5.97 Å². The zero-order valence-electron chi connectivity index (χ0n) is 6.79. The van der Waals surface area contributed by atoms with E-state index >= 15 is 0 Å². The summed E-state index contributed by atoms with van der Waals surface area (Å²) in [5.41, 5.74) is -0.476. The molecule has 0 aliphatic rings. The SMILES string of the molecule is CC(C)(C)OOCC(=O)OO. The molecule has 0 saturated carbocycles. The van der Waals surface area contributed by atoms with Crippen LogP contribution in [-0.4, -0.2) is 23.4 Å². The fourth-order valence-corrected chi connectivity index (χ4v) is 0.281. The van der Waals surface area contributed by atoms with Gasteiger partial charge in [0.15, 0.2) is 6.61 Å². The zero-order valence-corrected chi connectivity index (χ0v) is 6.79. The highest BCUT2D eigenvalue weighted by Crippen LogP contribution is 2.06. The van der Waals surface area contributed by atoms with Crippen LogP contribution >= 0.6 is 0 Å². The van der Waals surface area contributed by atoms with Crippen LogP contribution in [0.4, 0.5) is 0 Å². The van der Waals surface area contributed by atoms with Crippen molar-refractivity contribution < 1.29 is 24.7 Å². The fraction of sp³-hybridized carbons (Fsp3) is 0.833. The largest absolute Gasteiger partial charge is 0.370 e. The molecule has 0 radical (unpaired) electrons. The quantitative estimate of drug-likeness (QED) is 0.492. The first-order valence-electron chi connectivity index (χ1n) is 3.10. The van der Waals surface area contributed by atoms with Gasteiger partial charge in [-0.25, -0.2) is 14.6 Å². The molecule has 0 saturated heterocycles. The average molecular weight is 164 g/mol. The van der Waals surface area contributed by atoms with Gasteiger partial charge in [-0.2, -0.15) is 5.26 Å². The number of carbonyl (C=O) groups is 1. The summed E-state index contributed by atoms with van der Waals surface area (Å²) in [7, 11) is 0. The molecule has 0 bridgehead atoms. The van der Waals surface area contributed by atoms with Crippen molar-refractivity contribution in [2.75, 3.05) is 6.61 Å². The van der Waals surface area contributed by atoms with E-state index < -0.39 is 18.2 Å². The predicted octanol–water partition coefficient (Wildman–Crippen LogP) is 0.749. The molecule has 5 heteroatoms. The van der Waals surface area contributed by atoms with Gasteiger partial charge in [0.25, 0.3) is 0 Å². The van der Waals surface area contributed by atoms with Crippen molar-refractivity contribution in [1.82, 2.24) is 0 Å². The third-order valence-corrected chi connectivity index (χ3v) is 0.588. The minimum Gasteiger partial charge on any atom is -0.298 e. The van der Waals surface area contributed by atoms with E-state index in [2.05, 4.69) is 14.7 Å². The summed E-state index contributed by atoms with van der Waals surface area (Å²) in [6, 6.07) is 0. The van der Waals surface area contributed by atoms with Crippen molar-refractivity contribution in [3.8, 4) is 0 Å². The van der Waals surface area contributed by atoms with Crippen molar-refractivity contribution in [2.24, 2.45) is 0 Å². The van der Waals surface area contributed by atoms with Crippen LogP contribution in [0.5, 0.6) is 0 Å². The molecule has 0 amide bonds. The molecule has 0 aliphatic heterocycles. The molecule has 0 aromatic carbocycles. The lowest BCUT2D eigenvalue weighted by Gasteiger charge is -2.16. The monoisotopic (exact) mass is 164 g/mol. The lowest BCUT2D eigenvalue weighted by molar-refractivity contribution is -0.350. The van der Waals surface area contributed by atoms with Crippen molar-refractivity contribution in [1.29, 1.82) is 0 Å². The van der Waals surface area contributed by atoms with E-state index in [1.54, 1.807) is 20.8 Å². The molecule has 0 atom stereocenters. The Bertz CT molecular complexity index is 125. The maximum Gasteiger partial charge on any atom is 0.370 e. The Hall–Kier alpha value is -0.650. The highest BCUT2D eigenvalue weighted by molar-refractivity contribution is 5.69. The zero-order chi connectivity index (χ0) is 8.91. The summed E-state index contributed by atoms with van der Waals surface area (Å²) in [4.78, 5) is 22.6. The summed E-state index contributed by atoms with van der Waals surface area (Å²) in [6.45, 7) is 4.86. The van der Waals surface area contributed by atoms with Crippen LogP contribution in [0.25, 0.3) is 0 Å². The van der Waals surface area contributed by atoms with Crippen LogP contribution in [0, 0.1) is 0 Å². The summed E-state index contributed by atoms with van der Waals surface area (Å²) < 4.78 is 0. The summed E-state index contributed by atoms with van der Waals surface area (Å²) >= 11 is 0. The van der Waals surface area contributed by atoms with Crippen molar-refractivity contribution in [3.05, 3.63) is 0 Å². The molecule has 0 aliphatic carbocycles. The predicted molar refractivity (Wildman–Crippen MR) is 35.5 cm³/mol. The van der Waals surface area contributed by atoms with Crippen LogP contribution < -0.4 is 0 Å². The standard InChI is InChI=1S/C6H12O5/c1-6(2,3)11-9-4-5(7)10-8/h8H,4H2,1-3H3. The lowest BCUT2D eigenvalue weighted by Crippen LogP contribution is -2.22. The molecule has 0 aromatic rings. The number of hydrogen-bond acceptors (Lipinski definition) is 5. The highest BCUT2D eigenvalue weighted by atomic mass is 17.2. The molecular weight excluding hydrogens is 152 g/mol. The first kappa shape index (κ1) is 10.3. The number of rotatable bonds is 3. The van der Waals surface area contributed by atoms with Crippen LogP contribution in [0.1, 0.15) is 20.8 Å². The van der Waals surface area contributed by atoms with Gasteiger partial charge in [0, 0.05) is 0 Å². The molecule has 1 N–H and O–H groups in total. The third kappa shape index (κ3) is 7.24. The van der Waals surface area contributed by atoms with Gasteiger partial charge in [0.1, 0.15) is 0 Å². The Kier molecular flexibility index (Phi) is 4.02. The van der Waals surface area contributed by atoms with Gasteiger partial charge in [0.05, 0.1) is 5.60 Å². The van der Waals surface area contributed by atoms with E-state index in [-0.39, 0.29) is 0 Å². The smallest absolute Gasteiger partial charge is 0.298 e. The van der Waals surface area contributed by atoms with Crippen LogP contribution in [0.3, 0.4) is 0 Å². The topological polar surface area (TPSA) is 65.0 Å². The van der Waals surface area contributed by atoms with Gasteiger partial charge in [0.2, 0.25) is 0 Å². The Morgan fingerprint density at radius 1 is 1.45 bits per heavy atom. The molecule has 0 unspecified atom stereocenters. The molecule has 66 valence electrons. The molecule has 11 heavy (non-hydrogen) atoms. The van der Waals surface area contributed by atoms with Crippen LogP contribution in [0.15, 0.2) is 0 Å². The van der Waals surface area contributed by atoms with Gasteiger partial charge in [-0.05, 0) is 20.8 Å². The summed E-state index contributed by atoms with van der Waals surface area (Å²) in [5, 5.41) is 7.78. The van der Waals surface area contributed by atoms with E-state index in [1.807, 2.05) is 0 Å². The first-order valence-corrected chi connectivity index (χ1v) is 3.10. The van der Waals surface area contributed by atoms with E-state index in [4.69, 9.17) is 5.26 Å². The molecule has 0 fully saturated rings. The molecule has 0 spiro atoms. The first-order chi connectivity index (χ1) is 4.95. The van der Waals surface area contributed by atoms with Gasteiger partial charge in [-0.15, -0.1) is 0 Å². The van der Waals surface area contributed by atoms with E-state index in [0.29, 0.717) is 0 Å². The molecule has 0 rings (SSSR count). The van der Waals surface area contributed by atoms with Crippen LogP contribution in [0.2, 0.25) is 0 Å². The second kappa shape index (κ2) is 4.27. The maximum atomic E-state index is 10.2. The Morgan fingerprint density at radius 2 is 2.00 bits per heavy atom. The fourth-order valence-electron chi connectivity index (χ4n) is 0.281. The van der Waals surface area contributed by atoms with Crippen molar-refractivity contribution in [2.45, 2.75) is 26.4 Å². The second-order valence-electron chi connectivity index (χ2n) is 2.92. The highest BCUT2D eigenvalue weighted by Gasteiger charge is 2.12. The molecule has 0 aromatic heterocycles. The molecule has 5 nitrogen and oxygen atoms in total. The number of carbonyl (C=O) groups excluding carboxylic acids is 1. The minimum absolute atomic E-state index is 0.423. The van der Waals surface area contributed by atoms with Gasteiger partial charge in [-0.3, -0.25) is 4.89 Å². The Morgan fingerprint density at radius 3 is 2.36 bits per heavy atom. The van der Waals surface area contributed by atoms with Crippen LogP contribution in [-0.2, 0) is 19.5 Å². The minimum atomic E-state index is -0.894. The Balaban J connectivity index is 3.35. The molecular formula is C6H12O5. The summed E-state index contributed by atoms with van der Waals surface area (Å²) in [5.74, 6) is -0.894. The van der Waals surface area contributed by atoms with Gasteiger partial charge < -0.3 is 0 Å². The summed E-state index contributed by atoms with van der Waals surface area (Å²) in [6.07, 6.45) is 0. The normalized spacial score (nSPS) is 11.3. The maximum absolute atomic E-state index is 10.2. The third-order valence-electron chi connectivity index (χ3n) is 0.588. The van der Waals surface area contributed by atoms with Gasteiger partial charge in [-0.1, -0.05) is 0 Å². The molecule has 0 heterocycles.